The van der Waals surface area contributed by atoms with Crippen LogP contribution in [-0.4, -0.2) is 77.6 Å². The molecule has 0 aliphatic carbocycles. The number of fused-ring (bicyclic) bond motifs is 1. The SMILES string of the molecule is C=C(F)C(=O)N1CCN(c2nc(OC[C@@H]3CCCN3C)nc3c2CO[C@@H](c2c(F)c(N)cc(C)c2C(F)(F)F)C3)C[C@@H]1CC#N. The first-order chi connectivity index (χ1) is 21.3. The molecule has 242 valence electrons. The third kappa shape index (κ3) is 6.53. The molecule has 3 aliphatic heterocycles. The number of nitrogens with zero attached hydrogens (tertiary/aromatic N) is 6. The molecule has 2 N–H and O–H groups in total. The van der Waals surface area contributed by atoms with Gasteiger partial charge in [-0.05, 0) is 45.0 Å². The zero-order valence-corrected chi connectivity index (χ0v) is 25.0. The number of carbonyl (C=O) groups excluding carboxylic acids is 1. The number of nitriles is 1. The number of halogens is 5. The van der Waals surface area contributed by atoms with Crippen LogP contribution in [0.4, 0.5) is 33.5 Å². The van der Waals surface area contributed by atoms with Crippen LogP contribution in [0.25, 0.3) is 0 Å². The van der Waals surface area contributed by atoms with Gasteiger partial charge in [0.05, 0.1) is 48.2 Å². The van der Waals surface area contributed by atoms with Crippen molar-refractivity contribution in [2.45, 2.75) is 63.6 Å². The van der Waals surface area contributed by atoms with Gasteiger partial charge in [0.2, 0.25) is 0 Å². The lowest BCUT2D eigenvalue weighted by molar-refractivity contribution is -0.140. The number of hydrogen-bond acceptors (Lipinski definition) is 9. The molecule has 1 aromatic carbocycles. The molecule has 15 heteroatoms. The van der Waals surface area contributed by atoms with Crippen molar-refractivity contribution in [3.8, 4) is 12.1 Å². The summed E-state index contributed by atoms with van der Waals surface area (Å²) in [4.78, 5) is 26.8. The molecule has 3 atom stereocenters. The number of rotatable bonds is 7. The number of alkyl halides is 3. The summed E-state index contributed by atoms with van der Waals surface area (Å²) in [7, 11) is 1.98. The summed E-state index contributed by atoms with van der Waals surface area (Å²) in [5.74, 6) is -2.90. The van der Waals surface area contributed by atoms with Crippen LogP contribution < -0.4 is 15.4 Å². The third-order valence-electron chi connectivity index (χ3n) is 8.67. The second-order valence-electron chi connectivity index (χ2n) is 11.6. The molecular weight excluding hydrogens is 601 g/mol. The number of aromatic nitrogens is 2. The number of anilines is 2. The number of hydrogen-bond donors (Lipinski definition) is 1. The Morgan fingerprint density at radius 2 is 2.02 bits per heavy atom. The van der Waals surface area contributed by atoms with Gasteiger partial charge in [-0.2, -0.15) is 28.4 Å². The van der Waals surface area contributed by atoms with E-state index in [1.165, 1.54) is 11.8 Å². The highest BCUT2D eigenvalue weighted by atomic mass is 19.4. The van der Waals surface area contributed by atoms with E-state index in [2.05, 4.69) is 21.4 Å². The summed E-state index contributed by atoms with van der Waals surface area (Å²) in [6.07, 6.45) is -4.63. The number of aryl methyl sites for hydroxylation is 1. The molecule has 45 heavy (non-hydrogen) atoms. The van der Waals surface area contributed by atoms with Crippen molar-refractivity contribution in [2.75, 3.05) is 50.5 Å². The van der Waals surface area contributed by atoms with E-state index in [0.717, 1.165) is 25.5 Å². The molecule has 0 radical (unpaired) electrons. The van der Waals surface area contributed by atoms with Gasteiger partial charge in [0, 0.05) is 43.2 Å². The molecule has 0 unspecified atom stereocenters. The fourth-order valence-corrected chi connectivity index (χ4v) is 6.38. The maximum Gasteiger partial charge on any atom is 0.417 e. The van der Waals surface area contributed by atoms with Crippen LogP contribution in [0.2, 0.25) is 0 Å². The Hall–Kier alpha value is -4.03. The van der Waals surface area contributed by atoms with E-state index in [-0.39, 0.29) is 63.3 Å². The minimum Gasteiger partial charge on any atom is -0.462 e. The van der Waals surface area contributed by atoms with Crippen LogP contribution in [0, 0.1) is 24.1 Å². The standard InChI is InChI=1S/C30H34F5N7O3/c1-16-11-21(37)26(32)24(25(16)30(33,34)35)23-12-22-20(15-44-23)27(39-29(38-22)45-14-19-5-4-8-40(19)3)41-9-10-42(28(43)17(2)31)18(13-41)6-7-36/h11,18-19,23H,2,4-6,8-10,12-15,37H2,1,3H3/t18-,19-,23+/m0/s1. The minimum absolute atomic E-state index is 0.0163. The van der Waals surface area contributed by atoms with Gasteiger partial charge in [0.25, 0.3) is 5.91 Å². The Balaban J connectivity index is 1.53. The van der Waals surface area contributed by atoms with Crippen molar-refractivity contribution < 1.29 is 36.2 Å². The predicted molar refractivity (Wildman–Crippen MR) is 153 cm³/mol. The highest BCUT2D eigenvalue weighted by Crippen LogP contribution is 2.44. The first kappa shape index (κ1) is 32.4. The Bertz CT molecular complexity index is 1530. The van der Waals surface area contributed by atoms with E-state index in [1.807, 2.05) is 13.1 Å². The molecule has 0 bridgehead atoms. The second kappa shape index (κ2) is 12.8. The molecule has 0 spiro atoms. The van der Waals surface area contributed by atoms with Gasteiger partial charge in [-0.3, -0.25) is 4.79 Å². The number of amides is 1. The highest BCUT2D eigenvalue weighted by molar-refractivity contribution is 5.91. The molecule has 2 fully saturated rings. The number of nitrogen functional groups attached to an aromatic ring is 1. The number of nitrogens with two attached hydrogens (primary N) is 1. The normalized spacial score (nSPS) is 22.2. The van der Waals surface area contributed by atoms with Gasteiger partial charge in [0.15, 0.2) is 11.6 Å². The fourth-order valence-electron chi connectivity index (χ4n) is 6.38. The van der Waals surface area contributed by atoms with Crippen molar-refractivity contribution in [1.82, 2.24) is 19.8 Å². The zero-order chi connectivity index (χ0) is 32.6. The average molecular weight is 636 g/mol. The summed E-state index contributed by atoms with van der Waals surface area (Å²) in [6, 6.07) is 2.38. The molecule has 2 saturated heterocycles. The molecule has 0 saturated carbocycles. The van der Waals surface area contributed by atoms with E-state index in [1.54, 1.807) is 4.90 Å². The number of likely N-dealkylation sites (N-methyl/N-ethyl adjacent to an activating group) is 1. The first-order valence-electron chi connectivity index (χ1n) is 14.6. The Morgan fingerprint density at radius 1 is 1.27 bits per heavy atom. The smallest absolute Gasteiger partial charge is 0.417 e. The van der Waals surface area contributed by atoms with Crippen LogP contribution in [0.15, 0.2) is 18.5 Å². The van der Waals surface area contributed by atoms with Gasteiger partial charge in [-0.15, -0.1) is 0 Å². The quantitative estimate of drug-likeness (QED) is 0.271. The lowest BCUT2D eigenvalue weighted by Crippen LogP contribution is -2.55. The van der Waals surface area contributed by atoms with Crippen LogP contribution in [0.5, 0.6) is 6.01 Å². The fraction of sp³-hybridized carbons (Fsp3) is 0.533. The molecule has 10 nitrogen and oxygen atoms in total. The Morgan fingerprint density at radius 3 is 2.67 bits per heavy atom. The molecule has 4 heterocycles. The predicted octanol–water partition coefficient (Wildman–Crippen LogP) is 4.23. The van der Waals surface area contributed by atoms with Crippen molar-refractivity contribution in [2.24, 2.45) is 0 Å². The number of ether oxygens (including phenoxy) is 2. The summed E-state index contributed by atoms with van der Waals surface area (Å²) < 4.78 is 83.5. The van der Waals surface area contributed by atoms with Crippen molar-refractivity contribution in [1.29, 1.82) is 5.26 Å². The second-order valence-corrected chi connectivity index (χ2v) is 11.6. The first-order valence-corrected chi connectivity index (χ1v) is 14.6. The van der Waals surface area contributed by atoms with Crippen LogP contribution in [0.3, 0.4) is 0 Å². The zero-order valence-electron chi connectivity index (χ0n) is 25.0. The third-order valence-corrected chi connectivity index (χ3v) is 8.67. The lowest BCUT2D eigenvalue weighted by Gasteiger charge is -2.42. The van der Waals surface area contributed by atoms with Crippen LogP contribution in [0.1, 0.15) is 53.3 Å². The van der Waals surface area contributed by atoms with E-state index in [0.29, 0.717) is 17.1 Å². The monoisotopic (exact) mass is 635 g/mol. The van der Waals surface area contributed by atoms with Gasteiger partial charge < -0.3 is 29.9 Å². The minimum atomic E-state index is -4.87. The number of piperazine rings is 1. The van der Waals surface area contributed by atoms with Crippen LogP contribution in [-0.2, 0) is 28.7 Å². The van der Waals surface area contributed by atoms with Gasteiger partial charge in [0.1, 0.15) is 12.4 Å². The number of likely N-dealkylation sites (tertiary alicyclic amines) is 1. The summed E-state index contributed by atoms with van der Waals surface area (Å²) >= 11 is 0. The van der Waals surface area contributed by atoms with E-state index >= 15 is 4.39 Å². The molecule has 3 aliphatic rings. The van der Waals surface area contributed by atoms with Gasteiger partial charge in [-0.1, -0.05) is 6.58 Å². The summed E-state index contributed by atoms with van der Waals surface area (Å²) in [6.45, 7) is 5.58. The van der Waals surface area contributed by atoms with Gasteiger partial charge >= 0.3 is 12.2 Å². The molecule has 2 aromatic rings. The maximum absolute atomic E-state index is 15.3. The van der Waals surface area contributed by atoms with Gasteiger partial charge in [-0.25, -0.2) is 8.78 Å². The Kier molecular flexibility index (Phi) is 9.18. The van der Waals surface area contributed by atoms with Crippen LogP contribution >= 0.6 is 0 Å². The highest BCUT2D eigenvalue weighted by Gasteiger charge is 2.42. The molecule has 1 aromatic heterocycles. The number of carbonyl (C=O) groups is 1. The summed E-state index contributed by atoms with van der Waals surface area (Å²) in [5.41, 5.74) is 4.02. The van der Waals surface area contributed by atoms with Crippen molar-refractivity contribution in [3.63, 3.8) is 0 Å². The number of benzene rings is 1. The summed E-state index contributed by atoms with van der Waals surface area (Å²) in [5, 5.41) is 9.41. The topological polar surface area (TPSA) is 121 Å². The van der Waals surface area contributed by atoms with E-state index in [4.69, 9.17) is 15.2 Å². The van der Waals surface area contributed by atoms with E-state index in [9.17, 15) is 27.6 Å². The molecule has 1 amide bonds. The van der Waals surface area contributed by atoms with Crippen molar-refractivity contribution in [3.05, 3.63) is 52.2 Å². The lowest BCUT2D eigenvalue weighted by atomic mass is 9.91. The van der Waals surface area contributed by atoms with E-state index < -0.39 is 52.7 Å². The Labute approximate surface area is 257 Å². The molecule has 5 rings (SSSR count). The van der Waals surface area contributed by atoms with Crippen molar-refractivity contribution >= 4 is 17.4 Å². The largest absolute Gasteiger partial charge is 0.462 e. The maximum atomic E-state index is 15.3. The average Bonchev–Trinajstić information content (AvgIpc) is 3.40. The molecular formula is C30H34F5N7O3.